The van der Waals surface area contributed by atoms with E-state index in [1.165, 1.54) is 24.8 Å². The predicted molar refractivity (Wildman–Crippen MR) is 86.9 cm³/mol. The Kier molecular flexibility index (Phi) is 5.40. The standard InChI is InChI=1S/C18H28N2O/c1-12(2)16-9-4-13(3)10-17(16)20-11-14-5-7-15(8-6-14)18(19)21/h5-8,12-13,16-17,20H,4,9-11H2,1-3H3,(H2,19,21). The Balaban J connectivity index is 1.95. The molecule has 1 fully saturated rings. The molecule has 21 heavy (non-hydrogen) atoms. The average Bonchev–Trinajstić information content (AvgIpc) is 2.45. The van der Waals surface area contributed by atoms with Gasteiger partial charge in [-0.25, -0.2) is 0 Å². The van der Waals surface area contributed by atoms with Crippen molar-refractivity contribution in [1.82, 2.24) is 5.32 Å². The van der Waals surface area contributed by atoms with Crippen molar-refractivity contribution < 1.29 is 4.79 Å². The molecular weight excluding hydrogens is 260 g/mol. The maximum absolute atomic E-state index is 11.1. The topological polar surface area (TPSA) is 55.1 Å². The van der Waals surface area contributed by atoms with Crippen LogP contribution in [0.1, 0.15) is 56.0 Å². The van der Waals surface area contributed by atoms with Crippen LogP contribution in [0.5, 0.6) is 0 Å². The summed E-state index contributed by atoms with van der Waals surface area (Å²) in [5.41, 5.74) is 7.05. The largest absolute Gasteiger partial charge is 0.366 e. The van der Waals surface area contributed by atoms with Gasteiger partial charge in [-0.2, -0.15) is 0 Å². The van der Waals surface area contributed by atoms with Crippen LogP contribution in [0.25, 0.3) is 0 Å². The molecule has 1 aromatic rings. The Labute approximate surface area is 128 Å². The highest BCUT2D eigenvalue weighted by Gasteiger charge is 2.30. The molecule has 0 aliphatic heterocycles. The molecule has 0 radical (unpaired) electrons. The van der Waals surface area contributed by atoms with Gasteiger partial charge in [0, 0.05) is 18.2 Å². The number of amides is 1. The van der Waals surface area contributed by atoms with Crippen LogP contribution < -0.4 is 11.1 Å². The molecule has 0 bridgehead atoms. The van der Waals surface area contributed by atoms with Crippen molar-refractivity contribution in [3.05, 3.63) is 35.4 Å². The van der Waals surface area contributed by atoms with E-state index in [9.17, 15) is 4.79 Å². The zero-order valence-corrected chi connectivity index (χ0v) is 13.4. The van der Waals surface area contributed by atoms with Gasteiger partial charge in [-0.15, -0.1) is 0 Å². The summed E-state index contributed by atoms with van der Waals surface area (Å²) in [7, 11) is 0. The van der Waals surface area contributed by atoms with Gasteiger partial charge in [0.1, 0.15) is 0 Å². The lowest BCUT2D eigenvalue weighted by Crippen LogP contribution is -2.42. The van der Waals surface area contributed by atoms with E-state index in [2.05, 4.69) is 26.1 Å². The minimum atomic E-state index is -0.365. The third kappa shape index (κ3) is 4.31. The summed E-state index contributed by atoms with van der Waals surface area (Å²) in [4.78, 5) is 11.1. The number of primary amides is 1. The molecule has 3 heteroatoms. The predicted octanol–water partition coefficient (Wildman–Crippen LogP) is 3.34. The molecule has 2 rings (SSSR count). The molecule has 1 aliphatic carbocycles. The van der Waals surface area contributed by atoms with Gasteiger partial charge < -0.3 is 11.1 Å². The molecule has 3 unspecified atom stereocenters. The molecule has 3 N–H and O–H groups in total. The summed E-state index contributed by atoms with van der Waals surface area (Å²) in [6.45, 7) is 7.88. The minimum Gasteiger partial charge on any atom is -0.366 e. The molecule has 0 spiro atoms. The van der Waals surface area contributed by atoms with Crippen LogP contribution in [-0.2, 0) is 6.54 Å². The van der Waals surface area contributed by atoms with Crippen molar-refractivity contribution in [2.24, 2.45) is 23.5 Å². The van der Waals surface area contributed by atoms with Crippen molar-refractivity contribution >= 4 is 5.91 Å². The Bertz CT molecular complexity index is 467. The number of hydrogen-bond acceptors (Lipinski definition) is 2. The third-order valence-electron chi connectivity index (χ3n) is 4.83. The second-order valence-corrected chi connectivity index (χ2v) is 6.87. The fourth-order valence-corrected chi connectivity index (χ4v) is 3.47. The molecular formula is C18H28N2O. The Morgan fingerprint density at radius 1 is 1.29 bits per heavy atom. The normalized spacial score (nSPS) is 26.0. The van der Waals surface area contributed by atoms with Crippen molar-refractivity contribution in [2.75, 3.05) is 0 Å². The lowest BCUT2D eigenvalue weighted by molar-refractivity contribution is 0.100. The quantitative estimate of drug-likeness (QED) is 0.873. The Morgan fingerprint density at radius 3 is 2.52 bits per heavy atom. The fraction of sp³-hybridized carbons (Fsp3) is 0.611. The summed E-state index contributed by atoms with van der Waals surface area (Å²) in [6.07, 6.45) is 3.95. The summed E-state index contributed by atoms with van der Waals surface area (Å²) in [5.74, 6) is 1.95. The van der Waals surface area contributed by atoms with E-state index >= 15 is 0 Å². The van der Waals surface area contributed by atoms with Crippen molar-refractivity contribution in [3.63, 3.8) is 0 Å². The lowest BCUT2D eigenvalue weighted by Gasteiger charge is -2.38. The van der Waals surface area contributed by atoms with Gasteiger partial charge in [0.25, 0.3) is 0 Å². The molecule has 0 saturated heterocycles. The Hall–Kier alpha value is -1.35. The van der Waals surface area contributed by atoms with E-state index in [1.54, 1.807) is 0 Å². The van der Waals surface area contributed by atoms with Gasteiger partial charge in [-0.05, 0) is 48.3 Å². The minimum absolute atomic E-state index is 0.365. The van der Waals surface area contributed by atoms with Crippen LogP contribution in [0, 0.1) is 17.8 Å². The van der Waals surface area contributed by atoms with E-state index < -0.39 is 0 Å². The van der Waals surface area contributed by atoms with Gasteiger partial charge in [0.05, 0.1) is 0 Å². The molecule has 1 aliphatic rings. The Morgan fingerprint density at radius 2 is 1.95 bits per heavy atom. The maximum atomic E-state index is 11.1. The molecule has 1 aromatic carbocycles. The molecule has 0 heterocycles. The highest BCUT2D eigenvalue weighted by molar-refractivity contribution is 5.92. The van der Waals surface area contributed by atoms with Crippen molar-refractivity contribution in [2.45, 2.75) is 52.6 Å². The monoisotopic (exact) mass is 288 g/mol. The number of nitrogens with two attached hydrogens (primary N) is 1. The zero-order valence-electron chi connectivity index (χ0n) is 13.4. The van der Waals surface area contributed by atoms with Crippen LogP contribution in [0.3, 0.4) is 0 Å². The first kappa shape index (κ1) is 16.0. The summed E-state index contributed by atoms with van der Waals surface area (Å²) in [5, 5.41) is 3.73. The number of nitrogens with one attached hydrogen (secondary N) is 1. The molecule has 3 atom stereocenters. The number of benzene rings is 1. The summed E-state index contributed by atoms with van der Waals surface area (Å²) >= 11 is 0. The highest BCUT2D eigenvalue weighted by Crippen LogP contribution is 2.33. The summed E-state index contributed by atoms with van der Waals surface area (Å²) in [6, 6.07) is 8.20. The van der Waals surface area contributed by atoms with Gasteiger partial charge in [0.15, 0.2) is 0 Å². The number of carbonyl (C=O) groups excluding carboxylic acids is 1. The maximum Gasteiger partial charge on any atom is 0.248 e. The first-order valence-electron chi connectivity index (χ1n) is 8.09. The number of carbonyl (C=O) groups is 1. The van der Waals surface area contributed by atoms with E-state index in [-0.39, 0.29) is 5.91 Å². The SMILES string of the molecule is CC1CCC(C(C)C)C(NCc2ccc(C(N)=O)cc2)C1. The van der Waals surface area contributed by atoms with Crippen LogP contribution in [0.2, 0.25) is 0 Å². The number of hydrogen-bond donors (Lipinski definition) is 2. The second kappa shape index (κ2) is 7.08. The van der Waals surface area contributed by atoms with Crippen LogP contribution in [0.4, 0.5) is 0 Å². The molecule has 116 valence electrons. The van der Waals surface area contributed by atoms with E-state index in [0.717, 1.165) is 24.3 Å². The van der Waals surface area contributed by atoms with E-state index in [4.69, 9.17) is 5.73 Å². The zero-order chi connectivity index (χ0) is 15.4. The van der Waals surface area contributed by atoms with Gasteiger partial charge in [-0.3, -0.25) is 4.79 Å². The van der Waals surface area contributed by atoms with E-state index in [1.807, 2.05) is 24.3 Å². The van der Waals surface area contributed by atoms with Crippen molar-refractivity contribution in [1.29, 1.82) is 0 Å². The number of rotatable bonds is 5. The van der Waals surface area contributed by atoms with Crippen LogP contribution >= 0.6 is 0 Å². The van der Waals surface area contributed by atoms with Gasteiger partial charge in [0.2, 0.25) is 5.91 Å². The summed E-state index contributed by atoms with van der Waals surface area (Å²) < 4.78 is 0. The highest BCUT2D eigenvalue weighted by atomic mass is 16.1. The second-order valence-electron chi connectivity index (χ2n) is 6.87. The lowest BCUT2D eigenvalue weighted by atomic mass is 9.74. The molecule has 1 amide bonds. The third-order valence-corrected chi connectivity index (χ3v) is 4.83. The molecule has 3 nitrogen and oxygen atoms in total. The first-order valence-corrected chi connectivity index (χ1v) is 8.09. The van der Waals surface area contributed by atoms with Crippen molar-refractivity contribution in [3.8, 4) is 0 Å². The molecule has 0 aromatic heterocycles. The van der Waals surface area contributed by atoms with E-state index in [0.29, 0.717) is 11.6 Å². The molecule has 1 saturated carbocycles. The average molecular weight is 288 g/mol. The van der Waals surface area contributed by atoms with Gasteiger partial charge >= 0.3 is 0 Å². The van der Waals surface area contributed by atoms with Crippen LogP contribution in [-0.4, -0.2) is 11.9 Å². The van der Waals surface area contributed by atoms with Crippen LogP contribution in [0.15, 0.2) is 24.3 Å². The fourth-order valence-electron chi connectivity index (χ4n) is 3.47. The smallest absolute Gasteiger partial charge is 0.248 e. The first-order chi connectivity index (χ1) is 9.97. The van der Waals surface area contributed by atoms with Gasteiger partial charge in [-0.1, -0.05) is 39.3 Å².